The van der Waals surface area contributed by atoms with Crippen molar-refractivity contribution in [1.82, 2.24) is 9.80 Å². The monoisotopic (exact) mass is 596 g/mol. The molecule has 218 valence electrons. The maximum atomic E-state index is 16.5. The maximum absolute atomic E-state index is 16.5. The molecule has 0 aromatic heterocycles. The second-order valence-electron chi connectivity index (χ2n) is 9.52. The SMILES string of the molecule is C=CC(=O)N1CCN(C(=O)c2cc(Cl)c(-c3c(F)cccc3OC)c(F)c2NC(=O)c2cccc(C(N)=O)c2)[C@@H](C)C1. The highest BCUT2D eigenvalue weighted by atomic mass is 35.5. The van der Waals surface area contributed by atoms with E-state index in [4.69, 9.17) is 22.1 Å². The van der Waals surface area contributed by atoms with Crippen molar-refractivity contribution in [3.05, 3.63) is 94.5 Å². The van der Waals surface area contributed by atoms with E-state index >= 15 is 8.78 Å². The molecule has 0 bridgehead atoms. The molecule has 3 aromatic carbocycles. The van der Waals surface area contributed by atoms with E-state index in [1.807, 2.05) is 0 Å². The molecular weight excluding hydrogens is 570 g/mol. The van der Waals surface area contributed by atoms with Crippen LogP contribution >= 0.6 is 11.6 Å². The number of primary amides is 1. The summed E-state index contributed by atoms with van der Waals surface area (Å²) < 4.78 is 36.7. The van der Waals surface area contributed by atoms with E-state index in [0.717, 1.165) is 12.1 Å². The number of carbonyl (C=O) groups excluding carboxylic acids is 4. The van der Waals surface area contributed by atoms with Crippen LogP contribution in [0.1, 0.15) is 38.0 Å². The molecular formula is C30H27ClF2N4O5. The predicted molar refractivity (Wildman–Crippen MR) is 154 cm³/mol. The van der Waals surface area contributed by atoms with Gasteiger partial charge < -0.3 is 25.6 Å². The number of halogens is 3. The molecule has 0 spiro atoms. The van der Waals surface area contributed by atoms with Gasteiger partial charge in [0.1, 0.15) is 11.6 Å². The number of ether oxygens (including phenoxy) is 1. The van der Waals surface area contributed by atoms with Crippen LogP contribution in [0.3, 0.4) is 0 Å². The molecule has 0 aliphatic carbocycles. The first kappa shape index (κ1) is 30.2. The third-order valence-corrected chi connectivity index (χ3v) is 7.21. The summed E-state index contributed by atoms with van der Waals surface area (Å²) in [7, 11) is 1.27. The van der Waals surface area contributed by atoms with Gasteiger partial charge in [-0.25, -0.2) is 8.78 Å². The van der Waals surface area contributed by atoms with E-state index in [1.54, 1.807) is 6.92 Å². The van der Waals surface area contributed by atoms with Crippen LogP contribution in [0.25, 0.3) is 11.1 Å². The second-order valence-corrected chi connectivity index (χ2v) is 9.93. The van der Waals surface area contributed by atoms with Crippen molar-refractivity contribution < 1.29 is 32.7 Å². The number of benzene rings is 3. The molecule has 1 aliphatic heterocycles. The van der Waals surface area contributed by atoms with Gasteiger partial charge in [0.2, 0.25) is 11.8 Å². The first-order chi connectivity index (χ1) is 20.0. The van der Waals surface area contributed by atoms with Crippen LogP contribution in [0.5, 0.6) is 5.75 Å². The van der Waals surface area contributed by atoms with Crippen molar-refractivity contribution >= 4 is 40.9 Å². The maximum Gasteiger partial charge on any atom is 0.256 e. The Morgan fingerprint density at radius 1 is 1.07 bits per heavy atom. The summed E-state index contributed by atoms with van der Waals surface area (Å²) in [5.41, 5.74) is 3.72. The third-order valence-electron chi connectivity index (χ3n) is 6.92. The van der Waals surface area contributed by atoms with Gasteiger partial charge in [-0.15, -0.1) is 0 Å². The molecule has 12 heteroatoms. The third kappa shape index (κ3) is 5.82. The van der Waals surface area contributed by atoms with Crippen molar-refractivity contribution in [1.29, 1.82) is 0 Å². The largest absolute Gasteiger partial charge is 0.496 e. The lowest BCUT2D eigenvalue weighted by molar-refractivity contribution is -0.128. The molecule has 1 atom stereocenters. The molecule has 42 heavy (non-hydrogen) atoms. The van der Waals surface area contributed by atoms with Gasteiger partial charge in [0, 0.05) is 42.4 Å². The lowest BCUT2D eigenvalue weighted by Crippen LogP contribution is -2.55. The number of piperazine rings is 1. The van der Waals surface area contributed by atoms with Gasteiger partial charge in [-0.05, 0) is 49.4 Å². The number of hydrogen-bond donors (Lipinski definition) is 2. The lowest BCUT2D eigenvalue weighted by atomic mass is 9.98. The molecule has 1 fully saturated rings. The summed E-state index contributed by atoms with van der Waals surface area (Å²) in [4.78, 5) is 53.8. The summed E-state index contributed by atoms with van der Waals surface area (Å²) in [5, 5.41) is 2.11. The second kappa shape index (κ2) is 12.4. The molecule has 4 amide bonds. The van der Waals surface area contributed by atoms with Crippen LogP contribution in [0, 0.1) is 11.6 Å². The van der Waals surface area contributed by atoms with Crippen LogP contribution < -0.4 is 15.8 Å². The number of nitrogens with one attached hydrogen (secondary N) is 1. The van der Waals surface area contributed by atoms with Crippen molar-refractivity contribution in [3.63, 3.8) is 0 Å². The molecule has 0 radical (unpaired) electrons. The topological polar surface area (TPSA) is 122 Å². The van der Waals surface area contributed by atoms with Crippen molar-refractivity contribution in [2.24, 2.45) is 5.73 Å². The van der Waals surface area contributed by atoms with Crippen LogP contribution in [-0.2, 0) is 4.79 Å². The number of carbonyl (C=O) groups is 4. The van der Waals surface area contributed by atoms with Crippen LogP contribution in [0.4, 0.5) is 14.5 Å². The van der Waals surface area contributed by atoms with E-state index in [0.29, 0.717) is 0 Å². The van der Waals surface area contributed by atoms with Crippen molar-refractivity contribution in [3.8, 4) is 16.9 Å². The number of hydrogen-bond acceptors (Lipinski definition) is 5. The number of anilines is 1. The summed E-state index contributed by atoms with van der Waals surface area (Å²) in [6, 6.07) is 9.93. The zero-order chi connectivity index (χ0) is 30.7. The quantitative estimate of drug-likeness (QED) is 0.389. The Balaban J connectivity index is 1.85. The molecule has 1 saturated heterocycles. The van der Waals surface area contributed by atoms with Gasteiger partial charge in [-0.2, -0.15) is 0 Å². The van der Waals surface area contributed by atoms with E-state index in [1.165, 1.54) is 59.4 Å². The Labute approximate surface area is 245 Å². The Bertz CT molecular complexity index is 1610. The average molecular weight is 597 g/mol. The summed E-state index contributed by atoms with van der Waals surface area (Å²) in [5.74, 6) is -4.68. The Morgan fingerprint density at radius 3 is 2.40 bits per heavy atom. The molecule has 0 saturated carbocycles. The summed E-state index contributed by atoms with van der Waals surface area (Å²) in [6.45, 7) is 5.69. The normalized spacial score (nSPS) is 14.7. The number of methoxy groups -OCH3 is 1. The number of nitrogens with two attached hydrogens (primary N) is 1. The van der Waals surface area contributed by atoms with Crippen LogP contribution in [-0.4, -0.2) is 66.2 Å². The zero-order valence-corrected chi connectivity index (χ0v) is 23.5. The first-order valence-corrected chi connectivity index (χ1v) is 13.1. The molecule has 0 unspecified atom stereocenters. The van der Waals surface area contributed by atoms with Gasteiger partial charge in [-0.1, -0.05) is 30.3 Å². The summed E-state index contributed by atoms with van der Waals surface area (Å²) >= 11 is 6.49. The smallest absolute Gasteiger partial charge is 0.256 e. The first-order valence-electron chi connectivity index (χ1n) is 12.8. The van der Waals surface area contributed by atoms with E-state index < -0.39 is 46.6 Å². The fraction of sp³-hybridized carbons (Fsp3) is 0.200. The molecule has 1 aliphatic rings. The highest BCUT2D eigenvalue weighted by molar-refractivity contribution is 6.34. The van der Waals surface area contributed by atoms with Crippen molar-refractivity contribution in [2.75, 3.05) is 32.1 Å². The Hall–Kier alpha value is -4.77. The molecule has 1 heterocycles. The van der Waals surface area contributed by atoms with Gasteiger partial charge in [0.15, 0.2) is 5.82 Å². The Morgan fingerprint density at radius 2 is 1.76 bits per heavy atom. The molecule has 3 N–H and O–H groups in total. The number of rotatable bonds is 7. The average Bonchev–Trinajstić information content (AvgIpc) is 2.98. The predicted octanol–water partition coefficient (Wildman–Crippen LogP) is 4.50. The van der Waals surface area contributed by atoms with Gasteiger partial charge >= 0.3 is 0 Å². The molecule has 3 aromatic rings. The Kier molecular flexibility index (Phi) is 8.91. The van der Waals surface area contributed by atoms with E-state index in [-0.39, 0.29) is 58.6 Å². The van der Waals surface area contributed by atoms with E-state index in [2.05, 4.69) is 11.9 Å². The minimum Gasteiger partial charge on any atom is -0.496 e. The standard InChI is InChI=1S/C30H27ClF2N4O5/c1-4-23(38)36-11-12-37(16(2)15-36)30(41)19-14-20(31)24(25-21(32)9-6-10-22(25)42-3)26(33)27(19)35-29(40)18-8-5-7-17(13-18)28(34)39/h4-10,13-14,16H,1,11-12,15H2,2-3H3,(H2,34,39)(H,35,40)/t16-/m0/s1. The lowest BCUT2D eigenvalue weighted by Gasteiger charge is -2.39. The van der Waals surface area contributed by atoms with Crippen molar-refractivity contribution in [2.45, 2.75) is 13.0 Å². The van der Waals surface area contributed by atoms with Gasteiger partial charge in [0.05, 0.1) is 28.9 Å². The minimum absolute atomic E-state index is 0.0297. The van der Waals surface area contributed by atoms with Gasteiger partial charge in [0.25, 0.3) is 11.8 Å². The fourth-order valence-corrected chi connectivity index (χ4v) is 5.09. The number of amides is 4. The number of nitrogens with zero attached hydrogens (tertiary/aromatic N) is 2. The minimum atomic E-state index is -1.18. The molecule has 4 rings (SSSR count). The summed E-state index contributed by atoms with van der Waals surface area (Å²) in [6.07, 6.45) is 1.18. The highest BCUT2D eigenvalue weighted by Crippen LogP contribution is 2.43. The zero-order valence-electron chi connectivity index (χ0n) is 22.7. The van der Waals surface area contributed by atoms with E-state index in [9.17, 15) is 19.2 Å². The van der Waals surface area contributed by atoms with Crippen LogP contribution in [0.2, 0.25) is 5.02 Å². The fourth-order valence-electron chi connectivity index (χ4n) is 4.80. The van der Waals surface area contributed by atoms with Gasteiger partial charge in [-0.3, -0.25) is 19.2 Å². The van der Waals surface area contributed by atoms with Crippen LogP contribution in [0.15, 0.2) is 61.2 Å². The highest BCUT2D eigenvalue weighted by Gasteiger charge is 2.34. The molecule has 9 nitrogen and oxygen atoms in total.